The number of carbonyl (C=O) groups excluding carboxylic acids is 1. The van der Waals surface area contributed by atoms with Crippen LogP contribution in [0.5, 0.6) is 5.88 Å². The van der Waals surface area contributed by atoms with Gasteiger partial charge in [0.25, 0.3) is 11.8 Å². The van der Waals surface area contributed by atoms with Gasteiger partial charge in [0.05, 0.1) is 13.2 Å². The molecule has 7 nitrogen and oxygen atoms in total. The molecule has 2 unspecified atom stereocenters. The Morgan fingerprint density at radius 2 is 2.08 bits per heavy atom. The number of fused-ring (bicyclic) bond motifs is 1. The maximum absolute atomic E-state index is 12.8. The molecule has 0 radical (unpaired) electrons. The summed E-state index contributed by atoms with van der Waals surface area (Å²) in [4.78, 5) is 22.6. The molecular weight excluding hydrogens is 332 g/mol. The molecule has 1 aromatic heterocycles. The minimum Gasteiger partial charge on any atom is -0.470 e. The third kappa shape index (κ3) is 3.24. The Morgan fingerprint density at radius 1 is 1.27 bits per heavy atom. The molecule has 0 aliphatic carbocycles. The van der Waals surface area contributed by atoms with Crippen LogP contribution in [0.4, 0.5) is 0 Å². The maximum atomic E-state index is 12.8. The molecule has 0 spiro atoms. The van der Waals surface area contributed by atoms with Crippen LogP contribution < -0.4 is 4.74 Å². The molecule has 2 aromatic rings. The largest absolute Gasteiger partial charge is 0.470 e. The van der Waals surface area contributed by atoms with E-state index in [1.54, 1.807) is 4.90 Å². The lowest BCUT2D eigenvalue weighted by atomic mass is 9.98. The fourth-order valence-electron chi connectivity index (χ4n) is 3.38. The zero-order valence-corrected chi connectivity index (χ0v) is 14.2. The van der Waals surface area contributed by atoms with Gasteiger partial charge in [-0.3, -0.25) is 4.79 Å². The predicted octanol–water partition coefficient (Wildman–Crippen LogP) is 1.47. The molecule has 3 heterocycles. The van der Waals surface area contributed by atoms with Gasteiger partial charge in [-0.05, 0) is 11.1 Å². The average Bonchev–Trinajstić information content (AvgIpc) is 3.16. The molecule has 4 rings (SSSR count). The highest BCUT2D eigenvalue weighted by atomic mass is 16.5. The molecule has 0 saturated carbocycles. The van der Waals surface area contributed by atoms with Crippen molar-refractivity contribution in [2.75, 3.05) is 13.1 Å². The van der Waals surface area contributed by atoms with Gasteiger partial charge in [-0.25, -0.2) is 9.97 Å². The summed E-state index contributed by atoms with van der Waals surface area (Å²) in [6.07, 6.45) is 3.58. The van der Waals surface area contributed by atoms with Crippen LogP contribution in [0, 0.1) is 11.3 Å². The van der Waals surface area contributed by atoms with E-state index in [-0.39, 0.29) is 23.6 Å². The van der Waals surface area contributed by atoms with Crippen molar-refractivity contribution in [2.45, 2.75) is 31.7 Å². The smallest absolute Gasteiger partial charge is 0.252 e. The van der Waals surface area contributed by atoms with Crippen molar-refractivity contribution in [1.82, 2.24) is 14.9 Å². The van der Waals surface area contributed by atoms with Crippen LogP contribution in [0.25, 0.3) is 0 Å². The fraction of sp³-hybridized carbons (Fsp3) is 0.368. The van der Waals surface area contributed by atoms with Crippen molar-refractivity contribution in [1.29, 1.82) is 5.26 Å². The van der Waals surface area contributed by atoms with Gasteiger partial charge in [-0.15, -0.1) is 0 Å². The number of ether oxygens (including phenoxy) is 2. The van der Waals surface area contributed by atoms with Crippen LogP contribution >= 0.6 is 0 Å². The average molecular weight is 350 g/mol. The van der Waals surface area contributed by atoms with E-state index >= 15 is 0 Å². The van der Waals surface area contributed by atoms with Crippen molar-refractivity contribution < 1.29 is 14.3 Å². The quantitative estimate of drug-likeness (QED) is 0.833. The summed E-state index contributed by atoms with van der Waals surface area (Å²) in [6, 6.07) is 10.0. The molecule has 26 heavy (non-hydrogen) atoms. The lowest BCUT2D eigenvalue weighted by Gasteiger charge is -2.28. The zero-order chi connectivity index (χ0) is 17.9. The van der Waals surface area contributed by atoms with Gasteiger partial charge in [0.2, 0.25) is 5.69 Å². The molecule has 2 atom stereocenters. The Hall–Kier alpha value is -2.98. The Bertz CT molecular complexity index is 864. The number of aromatic nitrogens is 2. The van der Waals surface area contributed by atoms with Crippen LogP contribution in [-0.4, -0.2) is 46.1 Å². The second-order valence-electron chi connectivity index (χ2n) is 6.41. The maximum Gasteiger partial charge on any atom is 0.252 e. The van der Waals surface area contributed by atoms with Crippen molar-refractivity contribution in [3.63, 3.8) is 0 Å². The number of hydrogen-bond donors (Lipinski definition) is 0. The van der Waals surface area contributed by atoms with Crippen LogP contribution in [-0.2, 0) is 22.6 Å². The molecular formula is C19H18N4O3. The number of hydrogen-bond acceptors (Lipinski definition) is 6. The SMILES string of the molecule is N#Cc1nccnc1OC1CCN(C(=O)C2Cc3ccccc3CO2)C1. The van der Waals surface area contributed by atoms with Gasteiger partial charge in [0, 0.05) is 31.8 Å². The Labute approximate surface area is 151 Å². The molecule has 0 bridgehead atoms. The highest BCUT2D eigenvalue weighted by Crippen LogP contribution is 2.24. The predicted molar refractivity (Wildman–Crippen MR) is 91.1 cm³/mol. The van der Waals surface area contributed by atoms with Crippen molar-refractivity contribution in [3.8, 4) is 11.9 Å². The first-order chi connectivity index (χ1) is 12.7. The lowest BCUT2D eigenvalue weighted by molar-refractivity contribution is -0.144. The summed E-state index contributed by atoms with van der Waals surface area (Å²) < 4.78 is 11.6. The lowest BCUT2D eigenvalue weighted by Crippen LogP contribution is -2.42. The standard InChI is InChI=1S/C19H18N4O3/c20-10-16-18(22-7-6-21-16)26-15-5-8-23(11-15)19(24)17-9-13-3-1-2-4-14(13)12-25-17/h1-4,6-7,15,17H,5,8-9,11-12H2. The first kappa shape index (κ1) is 16.5. The van der Waals surface area contributed by atoms with Crippen LogP contribution in [0.1, 0.15) is 23.2 Å². The normalized spacial score (nSPS) is 21.7. The third-order valence-electron chi connectivity index (χ3n) is 4.74. The van der Waals surface area contributed by atoms with Gasteiger partial charge in [-0.1, -0.05) is 24.3 Å². The number of likely N-dealkylation sites (tertiary alicyclic amines) is 1. The van der Waals surface area contributed by atoms with E-state index in [0.29, 0.717) is 32.5 Å². The summed E-state index contributed by atoms with van der Waals surface area (Å²) in [5, 5.41) is 9.07. The minimum absolute atomic E-state index is 0.00902. The van der Waals surface area contributed by atoms with E-state index < -0.39 is 6.10 Å². The molecule has 7 heteroatoms. The third-order valence-corrected chi connectivity index (χ3v) is 4.74. The van der Waals surface area contributed by atoms with Gasteiger partial charge in [0.1, 0.15) is 18.3 Å². The molecule has 1 saturated heterocycles. The van der Waals surface area contributed by atoms with Crippen molar-refractivity contribution >= 4 is 5.91 Å². The molecule has 132 valence electrons. The van der Waals surface area contributed by atoms with E-state index in [2.05, 4.69) is 9.97 Å². The van der Waals surface area contributed by atoms with Crippen molar-refractivity contribution in [2.24, 2.45) is 0 Å². The first-order valence-corrected chi connectivity index (χ1v) is 8.59. The van der Waals surface area contributed by atoms with Gasteiger partial charge in [-0.2, -0.15) is 5.26 Å². The van der Waals surface area contributed by atoms with Crippen molar-refractivity contribution in [3.05, 3.63) is 53.5 Å². The molecule has 1 amide bonds. The number of nitriles is 1. The van der Waals surface area contributed by atoms with E-state index in [1.807, 2.05) is 30.3 Å². The summed E-state index contributed by atoms with van der Waals surface area (Å²) in [6.45, 7) is 1.53. The first-order valence-electron chi connectivity index (χ1n) is 8.59. The molecule has 2 aliphatic heterocycles. The number of rotatable bonds is 3. The van der Waals surface area contributed by atoms with E-state index in [0.717, 1.165) is 5.56 Å². The Kier molecular flexibility index (Phi) is 4.50. The zero-order valence-electron chi connectivity index (χ0n) is 14.2. The molecule has 1 aromatic carbocycles. The van der Waals surface area contributed by atoms with E-state index in [4.69, 9.17) is 14.7 Å². The topological polar surface area (TPSA) is 88.3 Å². The number of benzene rings is 1. The van der Waals surface area contributed by atoms with Gasteiger partial charge < -0.3 is 14.4 Å². The summed E-state index contributed by atoms with van der Waals surface area (Å²) >= 11 is 0. The van der Waals surface area contributed by atoms with E-state index in [1.165, 1.54) is 18.0 Å². The summed E-state index contributed by atoms with van der Waals surface area (Å²) in [7, 11) is 0. The number of nitrogens with zero attached hydrogens (tertiary/aromatic N) is 4. The summed E-state index contributed by atoms with van der Waals surface area (Å²) in [5.41, 5.74) is 2.47. The highest BCUT2D eigenvalue weighted by Gasteiger charge is 2.34. The van der Waals surface area contributed by atoms with Gasteiger partial charge >= 0.3 is 0 Å². The molecule has 2 aliphatic rings. The fourth-order valence-corrected chi connectivity index (χ4v) is 3.38. The molecule has 0 N–H and O–H groups in total. The molecule has 1 fully saturated rings. The van der Waals surface area contributed by atoms with Crippen LogP contribution in [0.2, 0.25) is 0 Å². The Morgan fingerprint density at radius 3 is 2.92 bits per heavy atom. The van der Waals surface area contributed by atoms with Gasteiger partial charge in [0.15, 0.2) is 0 Å². The number of amides is 1. The Balaban J connectivity index is 1.38. The second kappa shape index (κ2) is 7.10. The monoisotopic (exact) mass is 350 g/mol. The van der Waals surface area contributed by atoms with Crippen LogP contribution in [0.3, 0.4) is 0 Å². The minimum atomic E-state index is -0.449. The van der Waals surface area contributed by atoms with Crippen LogP contribution in [0.15, 0.2) is 36.7 Å². The van der Waals surface area contributed by atoms with E-state index in [9.17, 15) is 4.79 Å². The summed E-state index contributed by atoms with van der Waals surface area (Å²) in [5.74, 6) is 0.211. The second-order valence-corrected chi connectivity index (χ2v) is 6.41. The number of carbonyl (C=O) groups is 1. The highest BCUT2D eigenvalue weighted by molar-refractivity contribution is 5.82.